The second-order valence-electron chi connectivity index (χ2n) is 10.9. The molecule has 1 atom stereocenters. The van der Waals surface area contributed by atoms with Gasteiger partial charge in [0, 0.05) is 30.4 Å². The largest absolute Gasteiger partial charge is 0.385 e. The van der Waals surface area contributed by atoms with E-state index in [4.69, 9.17) is 18.0 Å². The van der Waals surface area contributed by atoms with Gasteiger partial charge in [-0.15, -0.1) is 0 Å². The number of aromatic nitrogens is 2. The number of nitrogens with two attached hydrogens (primary N) is 1. The zero-order chi connectivity index (χ0) is 28.7. The number of nitrogens with one attached hydrogen (secondary N) is 1. The van der Waals surface area contributed by atoms with Crippen LogP contribution in [0, 0.1) is 0 Å². The molecule has 41 heavy (non-hydrogen) atoms. The minimum Gasteiger partial charge on any atom is -0.385 e. The Morgan fingerprint density at radius 2 is 1.88 bits per heavy atom. The third kappa shape index (κ3) is 5.18. The van der Waals surface area contributed by atoms with Crippen molar-refractivity contribution in [3.8, 4) is 0 Å². The predicted octanol–water partition coefficient (Wildman–Crippen LogP) is 2.29. The number of hydrogen-bond donors (Lipinski definition) is 2. The molecule has 3 amide bonds. The normalized spacial score (nSPS) is 20.4. The van der Waals surface area contributed by atoms with Gasteiger partial charge in [-0.25, -0.2) is 4.98 Å². The molecule has 0 spiro atoms. The van der Waals surface area contributed by atoms with Crippen LogP contribution in [0.4, 0.5) is 0 Å². The van der Waals surface area contributed by atoms with Gasteiger partial charge in [-0.3, -0.25) is 34.0 Å². The number of amides is 3. The third-order valence-corrected chi connectivity index (χ3v) is 8.49. The fourth-order valence-corrected chi connectivity index (χ4v) is 6.27. The van der Waals surface area contributed by atoms with Gasteiger partial charge in [0.05, 0.1) is 10.9 Å². The van der Waals surface area contributed by atoms with Gasteiger partial charge >= 0.3 is 0 Å². The maximum absolute atomic E-state index is 13.0. The lowest BCUT2D eigenvalue weighted by Gasteiger charge is -2.32. The number of carbonyl (C=O) groups is 3. The van der Waals surface area contributed by atoms with Crippen LogP contribution in [0.25, 0.3) is 16.7 Å². The van der Waals surface area contributed by atoms with Crippen molar-refractivity contribution >= 4 is 52.0 Å². The first kappa shape index (κ1) is 27.0. The number of benzene rings is 2. The molecule has 210 valence electrons. The highest BCUT2D eigenvalue weighted by Crippen LogP contribution is 2.34. The molecule has 2 saturated heterocycles. The summed E-state index contributed by atoms with van der Waals surface area (Å²) in [5.74, 6) is -0.224. The van der Waals surface area contributed by atoms with Crippen LogP contribution >= 0.6 is 12.2 Å². The van der Waals surface area contributed by atoms with E-state index in [0.717, 1.165) is 43.6 Å². The van der Waals surface area contributed by atoms with Crippen molar-refractivity contribution in [1.82, 2.24) is 24.7 Å². The van der Waals surface area contributed by atoms with Crippen LogP contribution in [0.15, 0.2) is 53.6 Å². The van der Waals surface area contributed by atoms with Gasteiger partial charge in [0.15, 0.2) is 0 Å². The molecule has 10 nitrogen and oxygen atoms in total. The first-order valence-electron chi connectivity index (χ1n) is 13.7. The molecule has 2 aromatic carbocycles. The summed E-state index contributed by atoms with van der Waals surface area (Å²) in [6.45, 7) is 2.92. The fourth-order valence-electron chi connectivity index (χ4n) is 6.13. The second-order valence-corrected chi connectivity index (χ2v) is 11.1. The van der Waals surface area contributed by atoms with Gasteiger partial charge in [0.1, 0.15) is 18.2 Å². The molecule has 1 aromatic heterocycles. The van der Waals surface area contributed by atoms with Crippen LogP contribution < -0.4 is 16.6 Å². The van der Waals surface area contributed by atoms with Crippen LogP contribution in [0.2, 0.25) is 0 Å². The van der Waals surface area contributed by atoms with Gasteiger partial charge in [0.2, 0.25) is 11.8 Å². The molecule has 0 aliphatic carbocycles. The van der Waals surface area contributed by atoms with E-state index in [1.54, 1.807) is 4.90 Å². The highest BCUT2D eigenvalue weighted by atomic mass is 32.1. The Labute approximate surface area is 241 Å². The summed E-state index contributed by atoms with van der Waals surface area (Å²) in [7, 11) is 0. The molecule has 3 aliphatic heterocycles. The molecule has 3 aromatic rings. The molecular weight excluding hydrogens is 540 g/mol. The standard InChI is InChI=1S/C30H30N6O4S/c31-26(9-12-41)36-17-32-24-4-1-18(13-23(24)30(36)40)15-34-10-7-19(8-11-34)20-2-3-22-21(14-20)16-35(29(22)39)25-5-6-27(37)33-28(25)38/h1-4,9,12-14,17,19,25H,5-8,10-11,15-16,31H2,(H,33,37,38). The number of carbonyl (C=O) groups excluding carboxylic acids is 3. The summed E-state index contributed by atoms with van der Waals surface area (Å²) in [4.78, 5) is 58.3. The summed E-state index contributed by atoms with van der Waals surface area (Å²) in [5, 5.41) is 4.23. The monoisotopic (exact) mass is 570 g/mol. The molecule has 3 aliphatic rings. The first-order valence-corrected chi connectivity index (χ1v) is 14.2. The number of fused-ring (bicyclic) bond motifs is 2. The van der Waals surface area contributed by atoms with Crippen molar-refractivity contribution in [3.63, 3.8) is 0 Å². The van der Waals surface area contributed by atoms with Gasteiger partial charge in [-0.05, 0) is 79.2 Å². The number of piperidine rings is 2. The van der Waals surface area contributed by atoms with Crippen molar-refractivity contribution in [2.24, 2.45) is 5.73 Å². The van der Waals surface area contributed by atoms with Crippen LogP contribution in [0.3, 0.4) is 0 Å². The van der Waals surface area contributed by atoms with Gasteiger partial charge in [0.25, 0.3) is 11.5 Å². The molecule has 0 radical (unpaired) electrons. The summed E-state index contributed by atoms with van der Waals surface area (Å²) < 4.78 is 1.30. The lowest BCUT2D eigenvalue weighted by molar-refractivity contribution is -0.136. The van der Waals surface area contributed by atoms with Gasteiger partial charge in [-0.1, -0.05) is 30.4 Å². The van der Waals surface area contributed by atoms with Crippen LogP contribution in [0.1, 0.15) is 58.6 Å². The van der Waals surface area contributed by atoms with E-state index < -0.39 is 11.9 Å². The molecule has 1 unspecified atom stereocenters. The van der Waals surface area contributed by atoms with Crippen LogP contribution in [-0.4, -0.2) is 61.6 Å². The van der Waals surface area contributed by atoms with Crippen molar-refractivity contribution < 1.29 is 14.4 Å². The Morgan fingerprint density at radius 3 is 2.63 bits per heavy atom. The Morgan fingerprint density at radius 1 is 1.07 bits per heavy atom. The summed E-state index contributed by atoms with van der Waals surface area (Å²) in [6.07, 6.45) is 5.47. The first-order chi connectivity index (χ1) is 19.8. The van der Waals surface area contributed by atoms with E-state index >= 15 is 0 Å². The van der Waals surface area contributed by atoms with Crippen molar-refractivity contribution in [1.29, 1.82) is 0 Å². The molecule has 11 heteroatoms. The molecule has 0 bridgehead atoms. The van der Waals surface area contributed by atoms with Crippen LogP contribution in [0.5, 0.6) is 0 Å². The average molecular weight is 571 g/mol. The van der Waals surface area contributed by atoms with Crippen LogP contribution in [-0.2, 0) is 22.7 Å². The Balaban J connectivity index is 1.11. The molecule has 4 heterocycles. The zero-order valence-corrected chi connectivity index (χ0v) is 23.2. The van der Waals surface area contributed by atoms with E-state index in [9.17, 15) is 19.2 Å². The number of imide groups is 1. The predicted molar refractivity (Wildman–Crippen MR) is 158 cm³/mol. The molecule has 2 fully saturated rings. The average Bonchev–Trinajstić information content (AvgIpc) is 3.29. The number of hydrogen-bond acceptors (Lipinski definition) is 8. The zero-order valence-electron chi connectivity index (χ0n) is 22.4. The quantitative estimate of drug-likeness (QED) is 0.262. The van der Waals surface area contributed by atoms with Gasteiger partial charge in [-0.2, -0.15) is 0 Å². The summed E-state index contributed by atoms with van der Waals surface area (Å²) in [6, 6.07) is 11.2. The smallest absolute Gasteiger partial charge is 0.266 e. The van der Waals surface area contributed by atoms with Crippen molar-refractivity contribution in [3.05, 3.63) is 81.4 Å². The summed E-state index contributed by atoms with van der Waals surface area (Å²) in [5.41, 5.74) is 10.2. The SMILES string of the molecule is NC(=CC=S)n1cnc2ccc(CN3CCC(c4ccc5c(c4)CN(C4CCC(=O)NC4=O)C5=O)CC3)cc2c1=O. The highest BCUT2D eigenvalue weighted by Gasteiger charge is 2.39. The maximum atomic E-state index is 13.0. The van der Waals surface area contributed by atoms with E-state index in [1.165, 1.54) is 27.9 Å². The molecule has 0 saturated carbocycles. The Bertz CT molecular complexity index is 1670. The maximum Gasteiger partial charge on any atom is 0.266 e. The number of nitrogens with zero attached hydrogens (tertiary/aromatic N) is 4. The minimum atomic E-state index is -0.604. The minimum absolute atomic E-state index is 0.148. The summed E-state index contributed by atoms with van der Waals surface area (Å²) >= 11 is 4.82. The highest BCUT2D eigenvalue weighted by molar-refractivity contribution is 7.79. The van der Waals surface area contributed by atoms with E-state index in [0.29, 0.717) is 35.3 Å². The van der Waals surface area contributed by atoms with Crippen molar-refractivity contribution in [2.75, 3.05) is 13.1 Å². The molecule has 6 rings (SSSR count). The number of allylic oxidation sites excluding steroid dienone is 1. The van der Waals surface area contributed by atoms with Gasteiger partial charge < -0.3 is 10.6 Å². The second kappa shape index (κ2) is 11.0. The lowest BCUT2D eigenvalue weighted by Crippen LogP contribution is -2.52. The third-order valence-electron chi connectivity index (χ3n) is 8.35. The number of likely N-dealkylation sites (tertiary alicyclic amines) is 1. The fraction of sp³-hybridized carbons (Fsp3) is 0.333. The Hall–Kier alpha value is -4.22. The lowest BCUT2D eigenvalue weighted by atomic mass is 9.87. The number of thiocarbonyl (C=S) groups is 1. The topological polar surface area (TPSA) is 131 Å². The Kier molecular flexibility index (Phi) is 7.22. The van der Waals surface area contributed by atoms with E-state index in [-0.39, 0.29) is 29.6 Å². The number of rotatable bonds is 6. The molecular formula is C30H30N6O4S. The van der Waals surface area contributed by atoms with E-state index in [1.807, 2.05) is 30.3 Å². The van der Waals surface area contributed by atoms with E-state index in [2.05, 4.69) is 21.3 Å². The molecule has 3 N–H and O–H groups in total. The van der Waals surface area contributed by atoms with Crippen molar-refractivity contribution in [2.45, 2.75) is 50.7 Å².